The molecule has 1 saturated carbocycles. The molecule has 17 heavy (non-hydrogen) atoms. The molecule has 88 valence electrons. The number of hydrogen-bond donors (Lipinski definition) is 1. The van der Waals surface area contributed by atoms with Crippen molar-refractivity contribution in [3.05, 3.63) is 29.6 Å². The van der Waals surface area contributed by atoms with Crippen LogP contribution >= 0.6 is 0 Å². The lowest BCUT2D eigenvalue weighted by molar-refractivity contribution is 0.0593. The van der Waals surface area contributed by atoms with Crippen LogP contribution in [0.5, 0.6) is 0 Å². The van der Waals surface area contributed by atoms with E-state index < -0.39 is 11.4 Å². The Morgan fingerprint density at radius 3 is 2.71 bits per heavy atom. The molecule has 0 unspecified atom stereocenters. The second kappa shape index (κ2) is 3.77. The highest BCUT2D eigenvalue weighted by Crippen LogP contribution is 2.51. The van der Waals surface area contributed by atoms with Gasteiger partial charge in [0.1, 0.15) is 5.69 Å². The zero-order chi connectivity index (χ0) is 12.6. The highest BCUT2D eigenvalue weighted by molar-refractivity contribution is 5.92. The van der Waals surface area contributed by atoms with E-state index in [9.17, 15) is 10.1 Å². The van der Waals surface area contributed by atoms with E-state index >= 15 is 0 Å². The van der Waals surface area contributed by atoms with Gasteiger partial charge in [-0.15, -0.1) is 0 Å². The molecule has 2 rings (SSSR count). The van der Waals surface area contributed by atoms with E-state index in [4.69, 9.17) is 4.74 Å². The van der Waals surface area contributed by atoms with E-state index in [2.05, 4.69) is 17.6 Å². The summed E-state index contributed by atoms with van der Waals surface area (Å²) in [5.41, 5.74) is 2.29. The summed E-state index contributed by atoms with van der Waals surface area (Å²) in [7, 11) is 1.33. The molecule has 1 fully saturated rings. The number of hydrogen-bond acceptors (Lipinski definition) is 3. The van der Waals surface area contributed by atoms with Crippen LogP contribution in [0.1, 0.15) is 41.4 Å². The average Bonchev–Trinajstić information content (AvgIpc) is 2.98. The predicted molar refractivity (Wildman–Crippen MR) is 63.4 cm³/mol. The van der Waals surface area contributed by atoms with Crippen LogP contribution in [0, 0.1) is 11.3 Å². The van der Waals surface area contributed by atoms with Gasteiger partial charge in [-0.25, -0.2) is 4.79 Å². The monoisotopic (exact) mass is 230 g/mol. The minimum absolute atomic E-state index is 0.379. The Morgan fingerprint density at radius 2 is 2.29 bits per heavy atom. The molecule has 1 heterocycles. The molecule has 0 amide bonds. The zero-order valence-corrected chi connectivity index (χ0v) is 9.96. The van der Waals surface area contributed by atoms with E-state index in [-0.39, 0.29) is 0 Å². The number of H-pyrrole nitrogens is 1. The Bertz CT molecular complexity index is 530. The molecule has 0 atom stereocenters. The lowest BCUT2D eigenvalue weighted by Crippen LogP contribution is -2.13. The highest BCUT2D eigenvalue weighted by Gasteiger charge is 2.49. The molecule has 1 aromatic heterocycles. The molecule has 1 aliphatic rings. The molecule has 0 aliphatic heterocycles. The number of aromatic amines is 1. The molecule has 0 aromatic carbocycles. The SMILES string of the molecule is C=C(C)c1c[nH]c(C(=O)OC)c1C1(C#N)CC1. The van der Waals surface area contributed by atoms with Gasteiger partial charge in [0, 0.05) is 11.8 Å². The topological polar surface area (TPSA) is 65.9 Å². The van der Waals surface area contributed by atoms with Gasteiger partial charge < -0.3 is 9.72 Å². The normalized spacial score (nSPS) is 16.1. The molecule has 0 bridgehead atoms. The van der Waals surface area contributed by atoms with Crippen molar-refractivity contribution in [1.82, 2.24) is 4.98 Å². The number of esters is 1. The van der Waals surface area contributed by atoms with Crippen molar-refractivity contribution in [3.63, 3.8) is 0 Å². The molecule has 1 aliphatic carbocycles. The standard InChI is InChI=1S/C13H14N2O2/c1-8(2)9-6-15-11(12(16)17-3)10(9)13(7-14)4-5-13/h6,15H,1,4-5H2,2-3H3. The van der Waals surface area contributed by atoms with Crippen molar-refractivity contribution < 1.29 is 9.53 Å². The maximum absolute atomic E-state index is 11.7. The zero-order valence-electron chi connectivity index (χ0n) is 9.96. The van der Waals surface area contributed by atoms with Crippen LogP contribution in [0.3, 0.4) is 0 Å². The van der Waals surface area contributed by atoms with E-state index in [1.165, 1.54) is 7.11 Å². The molecule has 0 saturated heterocycles. The third-order valence-corrected chi connectivity index (χ3v) is 3.17. The lowest BCUT2D eigenvalue weighted by atomic mass is 9.91. The Labute approximate surface area is 99.9 Å². The Kier molecular flexibility index (Phi) is 2.55. The van der Waals surface area contributed by atoms with Crippen LogP contribution in [-0.2, 0) is 10.2 Å². The van der Waals surface area contributed by atoms with Crippen molar-refractivity contribution in [1.29, 1.82) is 5.26 Å². The van der Waals surface area contributed by atoms with E-state index in [0.29, 0.717) is 5.69 Å². The molecule has 4 heteroatoms. The number of aromatic nitrogens is 1. The Hall–Kier alpha value is -2.02. The van der Waals surface area contributed by atoms with Gasteiger partial charge in [-0.05, 0) is 30.9 Å². The summed E-state index contributed by atoms with van der Waals surface area (Å²) in [5.74, 6) is -0.436. The first-order valence-corrected chi connectivity index (χ1v) is 5.43. The summed E-state index contributed by atoms with van der Waals surface area (Å²) in [4.78, 5) is 14.6. The van der Waals surface area contributed by atoms with E-state index in [1.54, 1.807) is 6.20 Å². The van der Waals surface area contributed by atoms with Gasteiger partial charge in [-0.2, -0.15) is 5.26 Å². The first-order valence-electron chi connectivity index (χ1n) is 5.43. The number of allylic oxidation sites excluding steroid dienone is 1. The van der Waals surface area contributed by atoms with Gasteiger partial charge in [0.05, 0.1) is 18.6 Å². The second-order valence-corrected chi connectivity index (χ2v) is 4.42. The van der Waals surface area contributed by atoms with Crippen LogP contribution in [0.25, 0.3) is 5.57 Å². The molecule has 1 aromatic rings. The first kappa shape index (κ1) is 11.5. The molecule has 1 N–H and O–H groups in total. The summed E-state index contributed by atoms with van der Waals surface area (Å²) in [6, 6.07) is 2.30. The lowest BCUT2D eigenvalue weighted by Gasteiger charge is -2.10. The smallest absolute Gasteiger partial charge is 0.354 e. The van der Waals surface area contributed by atoms with Gasteiger partial charge in [0.25, 0.3) is 0 Å². The Balaban J connectivity index is 2.60. The van der Waals surface area contributed by atoms with Crippen molar-refractivity contribution in [2.24, 2.45) is 0 Å². The fourth-order valence-corrected chi connectivity index (χ4v) is 2.06. The highest BCUT2D eigenvalue weighted by atomic mass is 16.5. The molecule has 0 radical (unpaired) electrons. The summed E-state index contributed by atoms with van der Waals surface area (Å²) in [6.07, 6.45) is 3.29. The van der Waals surface area contributed by atoms with Gasteiger partial charge in [0.2, 0.25) is 0 Å². The quantitative estimate of drug-likeness (QED) is 0.811. The van der Waals surface area contributed by atoms with Crippen LogP contribution in [-0.4, -0.2) is 18.1 Å². The van der Waals surface area contributed by atoms with Gasteiger partial charge >= 0.3 is 5.97 Å². The fraction of sp³-hybridized carbons (Fsp3) is 0.385. The van der Waals surface area contributed by atoms with Crippen LogP contribution in [0.4, 0.5) is 0 Å². The molecular weight excluding hydrogens is 216 g/mol. The van der Waals surface area contributed by atoms with Crippen molar-refractivity contribution in [3.8, 4) is 6.07 Å². The number of nitriles is 1. The Morgan fingerprint density at radius 1 is 1.65 bits per heavy atom. The number of rotatable bonds is 3. The summed E-state index contributed by atoms with van der Waals surface area (Å²) in [6.45, 7) is 5.74. The number of nitrogens with one attached hydrogen (secondary N) is 1. The maximum Gasteiger partial charge on any atom is 0.354 e. The molecular formula is C13H14N2O2. The predicted octanol–water partition coefficient (Wildman–Crippen LogP) is 2.39. The molecule has 4 nitrogen and oxygen atoms in total. The minimum Gasteiger partial charge on any atom is -0.464 e. The van der Waals surface area contributed by atoms with Crippen molar-refractivity contribution in [2.45, 2.75) is 25.2 Å². The summed E-state index contributed by atoms with van der Waals surface area (Å²) >= 11 is 0. The third-order valence-electron chi connectivity index (χ3n) is 3.17. The summed E-state index contributed by atoms with van der Waals surface area (Å²) < 4.78 is 4.73. The fourth-order valence-electron chi connectivity index (χ4n) is 2.06. The van der Waals surface area contributed by atoms with E-state index in [0.717, 1.165) is 29.5 Å². The first-order chi connectivity index (χ1) is 8.05. The average molecular weight is 230 g/mol. The largest absolute Gasteiger partial charge is 0.464 e. The number of methoxy groups -OCH3 is 1. The number of ether oxygens (including phenoxy) is 1. The van der Waals surface area contributed by atoms with Crippen LogP contribution in [0.2, 0.25) is 0 Å². The van der Waals surface area contributed by atoms with Gasteiger partial charge in [-0.1, -0.05) is 6.58 Å². The number of carbonyl (C=O) groups is 1. The van der Waals surface area contributed by atoms with Crippen molar-refractivity contribution >= 4 is 11.5 Å². The van der Waals surface area contributed by atoms with Crippen molar-refractivity contribution in [2.75, 3.05) is 7.11 Å². The summed E-state index contributed by atoms with van der Waals surface area (Å²) in [5, 5.41) is 9.27. The van der Waals surface area contributed by atoms with Crippen LogP contribution < -0.4 is 0 Å². The molecule has 0 spiro atoms. The number of nitrogens with zero attached hydrogens (tertiary/aromatic N) is 1. The maximum atomic E-state index is 11.7. The van der Waals surface area contributed by atoms with Crippen LogP contribution in [0.15, 0.2) is 12.8 Å². The number of carbonyl (C=O) groups excluding carboxylic acids is 1. The second-order valence-electron chi connectivity index (χ2n) is 4.42. The minimum atomic E-state index is -0.530. The third kappa shape index (κ3) is 1.64. The van der Waals surface area contributed by atoms with Gasteiger partial charge in [0.15, 0.2) is 0 Å². The van der Waals surface area contributed by atoms with E-state index in [1.807, 2.05) is 6.92 Å². The van der Waals surface area contributed by atoms with Gasteiger partial charge in [-0.3, -0.25) is 0 Å².